The second-order valence-corrected chi connectivity index (χ2v) is 2.35. The van der Waals surface area contributed by atoms with Gasteiger partial charge in [-0.05, 0) is 10.8 Å². The molecular weight excluding hydrogens is 143 g/mol. The normalized spacial score (nSPS) is 9.09. The first-order valence-electron chi connectivity index (χ1n) is 3.40. The van der Waals surface area contributed by atoms with E-state index >= 15 is 0 Å². The van der Waals surface area contributed by atoms with E-state index in [-0.39, 0.29) is 31.0 Å². The average molecular weight is 152 g/mol. The van der Waals surface area contributed by atoms with Crippen molar-refractivity contribution >= 4 is 10.8 Å². The monoisotopic (exact) mass is 152 g/mol. The number of hydrogen-bond acceptors (Lipinski definition) is 0. The fourth-order valence-corrected chi connectivity index (χ4v) is 1.13. The van der Waals surface area contributed by atoms with Crippen LogP contribution in [0.4, 0.5) is 0 Å². The van der Waals surface area contributed by atoms with Crippen LogP contribution in [0.2, 0.25) is 0 Å². The van der Waals surface area contributed by atoms with Crippen molar-refractivity contribution in [2.24, 2.45) is 0 Å². The van der Waals surface area contributed by atoms with Crippen LogP contribution < -0.4 is 29.6 Å². The van der Waals surface area contributed by atoms with E-state index in [1.807, 2.05) is 0 Å². The Morgan fingerprint density at radius 3 is 1.18 bits per heavy atom. The maximum Gasteiger partial charge on any atom is 1.00 e. The molecule has 0 aliphatic carbocycles. The molecule has 0 nitrogen and oxygen atoms in total. The summed E-state index contributed by atoms with van der Waals surface area (Å²) in [7, 11) is 0. The van der Waals surface area contributed by atoms with Crippen LogP contribution in [-0.4, -0.2) is 0 Å². The fourth-order valence-electron chi connectivity index (χ4n) is 1.13. The Morgan fingerprint density at radius 1 is 0.636 bits per heavy atom. The van der Waals surface area contributed by atoms with Gasteiger partial charge >= 0.3 is 29.6 Å². The molecule has 0 aliphatic heterocycles. The van der Waals surface area contributed by atoms with Gasteiger partial charge in [0.25, 0.3) is 0 Å². The Balaban J connectivity index is 0.000000605. The van der Waals surface area contributed by atoms with Crippen molar-refractivity contribution in [1.82, 2.24) is 0 Å². The van der Waals surface area contributed by atoms with E-state index < -0.39 is 0 Å². The molecule has 0 atom stereocenters. The summed E-state index contributed by atoms with van der Waals surface area (Å²) >= 11 is 0. The SMILES string of the molecule is [H-].[Na+].c1ccc2ccccc2c1. The van der Waals surface area contributed by atoms with Gasteiger partial charge in [0.05, 0.1) is 0 Å². The fraction of sp³-hybridized carbons (Fsp3) is 0. The van der Waals surface area contributed by atoms with Crippen molar-refractivity contribution in [3.8, 4) is 0 Å². The van der Waals surface area contributed by atoms with Crippen LogP contribution in [0.5, 0.6) is 0 Å². The standard InChI is InChI=1S/C10H8.Na.H/c1-2-6-10-8-4-3-7-9(10)5-1;;/h1-8H;;/q;+1;-1. The van der Waals surface area contributed by atoms with Gasteiger partial charge in [-0.15, -0.1) is 0 Å². The Labute approximate surface area is 90.0 Å². The summed E-state index contributed by atoms with van der Waals surface area (Å²) < 4.78 is 0. The van der Waals surface area contributed by atoms with Gasteiger partial charge in [0.1, 0.15) is 0 Å². The molecule has 0 fully saturated rings. The zero-order chi connectivity index (χ0) is 6.81. The largest absolute Gasteiger partial charge is 1.00 e. The molecule has 0 unspecified atom stereocenters. The minimum atomic E-state index is 0. The van der Waals surface area contributed by atoms with E-state index in [1.165, 1.54) is 10.8 Å². The first kappa shape index (κ1) is 8.79. The van der Waals surface area contributed by atoms with E-state index in [9.17, 15) is 0 Å². The molecule has 0 bridgehead atoms. The van der Waals surface area contributed by atoms with E-state index in [2.05, 4.69) is 48.5 Å². The summed E-state index contributed by atoms with van der Waals surface area (Å²) in [6.07, 6.45) is 0. The number of benzene rings is 2. The molecule has 0 aromatic heterocycles. The van der Waals surface area contributed by atoms with Gasteiger partial charge in [-0.25, -0.2) is 0 Å². The maximum atomic E-state index is 2.12. The van der Waals surface area contributed by atoms with Crippen LogP contribution in [0, 0.1) is 0 Å². The van der Waals surface area contributed by atoms with Crippen LogP contribution in [0.1, 0.15) is 1.43 Å². The molecule has 50 valence electrons. The van der Waals surface area contributed by atoms with Crippen molar-refractivity contribution in [2.45, 2.75) is 0 Å². The average Bonchev–Trinajstić information content (AvgIpc) is 2.05. The molecule has 0 radical (unpaired) electrons. The summed E-state index contributed by atoms with van der Waals surface area (Å²) in [5.41, 5.74) is 0. The third-order valence-corrected chi connectivity index (χ3v) is 1.66. The Hall–Kier alpha value is -0.300. The number of hydrogen-bond donors (Lipinski definition) is 0. The molecule has 0 aliphatic rings. The molecule has 0 amide bonds. The molecule has 11 heavy (non-hydrogen) atoms. The first-order chi connectivity index (χ1) is 4.97. The Kier molecular flexibility index (Phi) is 3.13. The Morgan fingerprint density at radius 2 is 0.909 bits per heavy atom. The molecule has 1 heteroatoms. The van der Waals surface area contributed by atoms with E-state index in [0.717, 1.165) is 0 Å². The molecule has 0 N–H and O–H groups in total. The zero-order valence-electron chi connectivity index (χ0n) is 7.62. The summed E-state index contributed by atoms with van der Waals surface area (Å²) in [5.74, 6) is 0. The molecule has 0 saturated heterocycles. The molecule has 0 heterocycles. The van der Waals surface area contributed by atoms with Crippen LogP contribution in [-0.2, 0) is 0 Å². The van der Waals surface area contributed by atoms with Gasteiger partial charge < -0.3 is 1.43 Å². The van der Waals surface area contributed by atoms with E-state index in [1.54, 1.807) is 0 Å². The van der Waals surface area contributed by atoms with E-state index in [0.29, 0.717) is 0 Å². The van der Waals surface area contributed by atoms with Crippen molar-refractivity contribution in [3.63, 3.8) is 0 Å². The quantitative estimate of drug-likeness (QED) is 0.464. The van der Waals surface area contributed by atoms with Crippen LogP contribution in [0.3, 0.4) is 0 Å². The number of fused-ring (bicyclic) bond motifs is 1. The third kappa shape index (κ3) is 1.84. The second-order valence-electron chi connectivity index (χ2n) is 2.35. The zero-order valence-corrected chi connectivity index (χ0v) is 8.62. The predicted molar refractivity (Wildman–Crippen MR) is 45.1 cm³/mol. The molecule has 2 aromatic rings. The van der Waals surface area contributed by atoms with E-state index in [4.69, 9.17) is 0 Å². The van der Waals surface area contributed by atoms with Crippen LogP contribution in [0.25, 0.3) is 10.8 Å². The van der Waals surface area contributed by atoms with Crippen molar-refractivity contribution in [2.75, 3.05) is 0 Å². The van der Waals surface area contributed by atoms with Crippen molar-refractivity contribution in [3.05, 3.63) is 48.5 Å². The summed E-state index contributed by atoms with van der Waals surface area (Å²) in [5, 5.41) is 2.62. The molecule has 0 spiro atoms. The van der Waals surface area contributed by atoms with Gasteiger partial charge in [0.2, 0.25) is 0 Å². The van der Waals surface area contributed by atoms with Crippen molar-refractivity contribution in [1.29, 1.82) is 0 Å². The summed E-state index contributed by atoms with van der Waals surface area (Å²) in [6, 6.07) is 16.7. The first-order valence-corrected chi connectivity index (χ1v) is 3.40. The minimum Gasteiger partial charge on any atom is -1.00 e. The molecule has 0 saturated carbocycles. The molecule has 2 rings (SSSR count). The van der Waals surface area contributed by atoms with Gasteiger partial charge in [-0.3, -0.25) is 0 Å². The topological polar surface area (TPSA) is 0 Å². The van der Waals surface area contributed by atoms with Crippen molar-refractivity contribution < 1.29 is 31.0 Å². The summed E-state index contributed by atoms with van der Waals surface area (Å²) in [4.78, 5) is 0. The maximum absolute atomic E-state index is 2.12. The van der Waals surface area contributed by atoms with Gasteiger partial charge in [-0.1, -0.05) is 48.5 Å². The summed E-state index contributed by atoms with van der Waals surface area (Å²) in [6.45, 7) is 0. The van der Waals surface area contributed by atoms with Crippen LogP contribution >= 0.6 is 0 Å². The molecular formula is C10H9Na. The predicted octanol–water partition coefficient (Wildman–Crippen LogP) is -0.0437. The van der Waals surface area contributed by atoms with Gasteiger partial charge in [-0.2, -0.15) is 0 Å². The smallest absolute Gasteiger partial charge is 1.00 e. The number of rotatable bonds is 0. The Bertz CT molecular complexity index is 281. The van der Waals surface area contributed by atoms with Gasteiger partial charge in [0, 0.05) is 0 Å². The van der Waals surface area contributed by atoms with Gasteiger partial charge in [0.15, 0.2) is 0 Å². The minimum absolute atomic E-state index is 0. The second kappa shape index (κ2) is 3.91. The van der Waals surface area contributed by atoms with Crippen LogP contribution in [0.15, 0.2) is 48.5 Å². The third-order valence-electron chi connectivity index (χ3n) is 1.66. The molecule has 2 aromatic carbocycles.